The van der Waals surface area contributed by atoms with Crippen LogP contribution in [0.4, 0.5) is 0 Å². The van der Waals surface area contributed by atoms with Gasteiger partial charge in [-0.05, 0) is 85.2 Å². The predicted octanol–water partition coefficient (Wildman–Crippen LogP) is 3.64. The van der Waals surface area contributed by atoms with Crippen LogP contribution >= 0.6 is 0 Å². The summed E-state index contributed by atoms with van der Waals surface area (Å²) in [4.78, 5) is 17.1. The fraction of sp³-hybridized carbons (Fsp3) is 0.300. The van der Waals surface area contributed by atoms with Gasteiger partial charge in [-0.1, -0.05) is 11.2 Å². The van der Waals surface area contributed by atoms with E-state index < -0.39 is 5.43 Å². The van der Waals surface area contributed by atoms with Crippen LogP contribution in [-0.2, 0) is 11.3 Å². The second kappa shape index (κ2) is 6.11. The van der Waals surface area contributed by atoms with Gasteiger partial charge in [-0.25, -0.2) is 0 Å². The molecule has 0 aliphatic heterocycles. The van der Waals surface area contributed by atoms with Crippen molar-refractivity contribution in [2.75, 3.05) is 7.11 Å². The minimum absolute atomic E-state index is 0.261. The maximum Gasteiger partial charge on any atom is 0.220 e. The molecule has 0 aromatic heterocycles. The highest BCUT2D eigenvalue weighted by Gasteiger charge is 2.22. The molecule has 4 nitrogen and oxygen atoms in total. The summed E-state index contributed by atoms with van der Waals surface area (Å²) < 4.78 is 0. The molecule has 0 fully saturated rings. The van der Waals surface area contributed by atoms with Gasteiger partial charge in [0.15, 0.2) is 5.75 Å². The highest BCUT2D eigenvalue weighted by molar-refractivity contribution is 6.07. The van der Waals surface area contributed by atoms with Crippen molar-refractivity contribution in [3.05, 3.63) is 62.3 Å². The summed E-state index contributed by atoms with van der Waals surface area (Å²) in [5.41, 5.74) is 8.01. The molecule has 24 heavy (non-hydrogen) atoms. The normalized spacial score (nSPS) is 14.8. The van der Waals surface area contributed by atoms with Crippen molar-refractivity contribution in [1.82, 2.24) is 0 Å². The van der Waals surface area contributed by atoms with Gasteiger partial charge in [0.25, 0.3) is 0 Å². The lowest BCUT2D eigenvalue weighted by Crippen LogP contribution is -2.05. The molecule has 1 aliphatic rings. The first-order valence-electron chi connectivity index (χ1n) is 8.01. The van der Waals surface area contributed by atoms with Crippen LogP contribution in [0.1, 0.15) is 34.2 Å². The number of fused-ring (bicyclic) bond motifs is 3. The van der Waals surface area contributed by atoms with E-state index in [2.05, 4.69) is 32.0 Å². The zero-order valence-corrected chi connectivity index (χ0v) is 14.4. The summed E-state index contributed by atoms with van der Waals surface area (Å²) in [5.74, 6) is -0.261. The Labute approximate surface area is 141 Å². The molecule has 4 heteroatoms. The summed E-state index contributed by atoms with van der Waals surface area (Å²) in [6.07, 6.45) is 1.51. The summed E-state index contributed by atoms with van der Waals surface area (Å²) >= 11 is 0. The van der Waals surface area contributed by atoms with E-state index in [1.54, 1.807) is 0 Å². The molecule has 1 N–H and O–H groups in total. The largest absolute Gasteiger partial charge is 0.504 e. The fourth-order valence-corrected chi connectivity index (χ4v) is 3.40. The maximum absolute atomic E-state index is 12.1. The third-order valence-electron chi connectivity index (χ3n) is 4.88. The van der Waals surface area contributed by atoms with Gasteiger partial charge in [-0.15, -0.1) is 0 Å². The van der Waals surface area contributed by atoms with Crippen molar-refractivity contribution in [3.63, 3.8) is 0 Å². The lowest BCUT2D eigenvalue weighted by atomic mass is 9.88. The van der Waals surface area contributed by atoms with Gasteiger partial charge in [0.2, 0.25) is 5.43 Å². The van der Waals surface area contributed by atoms with E-state index in [4.69, 9.17) is 4.84 Å². The SMILES string of the molecule is CON=C1CCc2cc(C)c(C)c(C)c2-c2ccc(O)c(=O)cc21. The Balaban J connectivity index is 2.46. The van der Waals surface area contributed by atoms with Crippen molar-refractivity contribution in [2.24, 2.45) is 5.16 Å². The number of hydrogen-bond acceptors (Lipinski definition) is 4. The summed E-state index contributed by atoms with van der Waals surface area (Å²) in [6, 6.07) is 6.95. The number of aromatic hydroxyl groups is 1. The Bertz CT molecular complexity index is 914. The summed E-state index contributed by atoms with van der Waals surface area (Å²) in [5, 5.41) is 14.0. The monoisotopic (exact) mass is 323 g/mol. The maximum atomic E-state index is 12.1. The Morgan fingerprint density at radius 1 is 1.04 bits per heavy atom. The second-order valence-electron chi connectivity index (χ2n) is 6.25. The van der Waals surface area contributed by atoms with Crippen molar-refractivity contribution in [3.8, 4) is 16.9 Å². The van der Waals surface area contributed by atoms with E-state index in [-0.39, 0.29) is 5.75 Å². The first kappa shape index (κ1) is 16.2. The van der Waals surface area contributed by atoms with Crippen LogP contribution in [0.5, 0.6) is 5.75 Å². The molecule has 1 aliphatic carbocycles. The average molecular weight is 323 g/mol. The van der Waals surface area contributed by atoms with Crippen molar-refractivity contribution < 1.29 is 9.94 Å². The molecular weight excluding hydrogens is 302 g/mol. The van der Waals surface area contributed by atoms with E-state index in [9.17, 15) is 9.90 Å². The zero-order valence-electron chi connectivity index (χ0n) is 14.4. The van der Waals surface area contributed by atoms with Gasteiger partial charge in [-0.2, -0.15) is 0 Å². The minimum Gasteiger partial charge on any atom is -0.504 e. The first-order chi connectivity index (χ1) is 11.4. The van der Waals surface area contributed by atoms with Crippen LogP contribution in [-0.4, -0.2) is 17.9 Å². The molecule has 0 heterocycles. The van der Waals surface area contributed by atoms with E-state index in [1.165, 1.54) is 41.5 Å². The molecule has 0 amide bonds. The Morgan fingerprint density at radius 2 is 1.79 bits per heavy atom. The Kier molecular flexibility index (Phi) is 4.14. The third-order valence-corrected chi connectivity index (χ3v) is 4.88. The molecule has 0 saturated heterocycles. The fourth-order valence-electron chi connectivity index (χ4n) is 3.40. The van der Waals surface area contributed by atoms with Crippen LogP contribution in [0.3, 0.4) is 0 Å². The standard InChI is InChI=1S/C20H21NO3/c1-11-9-14-5-7-17(21-24-4)16-10-19(23)18(22)8-6-15(16)20(14)13(3)12(11)2/h6,8-10H,5,7H2,1-4H3,(H,22,23). The number of benzene rings is 1. The van der Waals surface area contributed by atoms with Crippen LogP contribution in [0.25, 0.3) is 11.1 Å². The smallest absolute Gasteiger partial charge is 0.220 e. The number of nitrogens with zero attached hydrogens (tertiary/aromatic N) is 1. The van der Waals surface area contributed by atoms with E-state index in [1.807, 2.05) is 6.07 Å². The molecule has 3 rings (SSSR count). The zero-order chi connectivity index (χ0) is 17.4. The Hall–Kier alpha value is -2.62. The van der Waals surface area contributed by atoms with Gasteiger partial charge in [-0.3, -0.25) is 4.79 Å². The molecule has 0 unspecified atom stereocenters. The molecular formula is C20H21NO3. The molecule has 0 spiro atoms. The highest BCUT2D eigenvalue weighted by atomic mass is 16.6. The van der Waals surface area contributed by atoms with E-state index in [0.717, 1.165) is 28.8 Å². The second-order valence-corrected chi connectivity index (χ2v) is 6.25. The summed E-state index contributed by atoms with van der Waals surface area (Å²) in [6.45, 7) is 6.33. The van der Waals surface area contributed by atoms with Crippen LogP contribution < -0.4 is 5.43 Å². The molecule has 0 saturated carbocycles. The number of aryl methyl sites for hydroxylation is 2. The van der Waals surface area contributed by atoms with Crippen molar-refractivity contribution in [2.45, 2.75) is 33.6 Å². The van der Waals surface area contributed by atoms with Crippen LogP contribution in [0.2, 0.25) is 0 Å². The third kappa shape index (κ3) is 2.58. The molecule has 0 bridgehead atoms. The summed E-state index contributed by atoms with van der Waals surface area (Å²) in [7, 11) is 1.50. The average Bonchev–Trinajstić information content (AvgIpc) is 2.78. The van der Waals surface area contributed by atoms with Gasteiger partial charge in [0, 0.05) is 5.56 Å². The molecule has 0 radical (unpaired) electrons. The molecule has 124 valence electrons. The number of rotatable bonds is 1. The van der Waals surface area contributed by atoms with Crippen LogP contribution in [0, 0.1) is 20.8 Å². The first-order valence-corrected chi connectivity index (χ1v) is 8.01. The Morgan fingerprint density at radius 3 is 2.50 bits per heavy atom. The number of hydrogen-bond donors (Lipinski definition) is 1. The van der Waals surface area contributed by atoms with Gasteiger partial charge in [0.05, 0.1) is 5.71 Å². The molecule has 2 aromatic carbocycles. The number of oxime groups is 1. The van der Waals surface area contributed by atoms with Gasteiger partial charge >= 0.3 is 0 Å². The minimum atomic E-state index is -0.412. The van der Waals surface area contributed by atoms with Gasteiger partial charge < -0.3 is 9.94 Å². The van der Waals surface area contributed by atoms with Crippen molar-refractivity contribution >= 4 is 5.71 Å². The van der Waals surface area contributed by atoms with E-state index >= 15 is 0 Å². The lowest BCUT2D eigenvalue weighted by Gasteiger charge is -2.16. The predicted molar refractivity (Wildman–Crippen MR) is 95.9 cm³/mol. The molecule has 2 aromatic rings. The van der Waals surface area contributed by atoms with Crippen LogP contribution in [0.15, 0.2) is 34.2 Å². The lowest BCUT2D eigenvalue weighted by molar-refractivity contribution is 0.213. The topological polar surface area (TPSA) is 58.9 Å². The quantitative estimate of drug-likeness (QED) is 0.815. The molecule has 0 atom stereocenters. The van der Waals surface area contributed by atoms with Crippen molar-refractivity contribution in [1.29, 1.82) is 0 Å². The van der Waals surface area contributed by atoms with E-state index in [0.29, 0.717) is 6.42 Å². The highest BCUT2D eigenvalue weighted by Crippen LogP contribution is 2.37. The van der Waals surface area contributed by atoms with Gasteiger partial charge in [0.1, 0.15) is 7.11 Å².